The molecule has 1 N–H and O–H groups in total. The number of nitrogens with zero attached hydrogens (tertiary/aromatic N) is 1. The fourth-order valence-corrected chi connectivity index (χ4v) is 2.86. The number of halogens is 1. The van der Waals surface area contributed by atoms with Crippen molar-refractivity contribution >= 4 is 11.6 Å². The van der Waals surface area contributed by atoms with Gasteiger partial charge in [-0.15, -0.1) is 0 Å². The first-order chi connectivity index (χ1) is 8.53. The lowest BCUT2D eigenvalue weighted by Gasteiger charge is -2.43. The second-order valence-corrected chi connectivity index (χ2v) is 5.27. The van der Waals surface area contributed by atoms with E-state index in [-0.39, 0.29) is 0 Å². The van der Waals surface area contributed by atoms with Crippen LogP contribution in [0.2, 0.25) is 5.02 Å². The molecule has 0 spiro atoms. The summed E-state index contributed by atoms with van der Waals surface area (Å²) in [6.45, 7) is 2.66. The minimum absolute atomic E-state index is 0.489. The molecule has 18 heavy (non-hydrogen) atoms. The van der Waals surface area contributed by atoms with Crippen LogP contribution in [0.1, 0.15) is 25.3 Å². The van der Waals surface area contributed by atoms with Gasteiger partial charge in [0.15, 0.2) is 0 Å². The summed E-state index contributed by atoms with van der Waals surface area (Å²) in [5.41, 5.74) is -1.50. The van der Waals surface area contributed by atoms with Gasteiger partial charge in [-0.2, -0.15) is 5.26 Å². The Labute approximate surface area is 112 Å². The van der Waals surface area contributed by atoms with Crippen molar-refractivity contribution in [1.82, 2.24) is 0 Å². The standard InChI is InChI=1S/C14H16ClNO2/c1-13(17,11-4-2-3-5-12(11)15)14(10-16)6-8-18-9-7-14/h2-5,17H,6-9H2,1H3. The van der Waals surface area contributed by atoms with Gasteiger partial charge < -0.3 is 9.84 Å². The second kappa shape index (κ2) is 4.89. The van der Waals surface area contributed by atoms with Crippen molar-refractivity contribution in [1.29, 1.82) is 5.26 Å². The molecule has 0 aromatic heterocycles. The molecule has 1 fully saturated rings. The van der Waals surface area contributed by atoms with E-state index in [1.165, 1.54) is 0 Å². The maximum absolute atomic E-state index is 10.9. The van der Waals surface area contributed by atoms with E-state index < -0.39 is 11.0 Å². The molecule has 1 aliphatic heterocycles. The Bertz CT molecular complexity index is 473. The van der Waals surface area contributed by atoms with E-state index in [0.717, 1.165) is 0 Å². The largest absolute Gasteiger partial charge is 0.384 e. The van der Waals surface area contributed by atoms with Crippen molar-refractivity contribution in [2.75, 3.05) is 13.2 Å². The Kier molecular flexibility index (Phi) is 3.63. The maximum atomic E-state index is 10.9. The van der Waals surface area contributed by atoms with E-state index in [1.54, 1.807) is 19.1 Å². The number of hydrogen-bond donors (Lipinski definition) is 1. The number of benzene rings is 1. The monoisotopic (exact) mass is 265 g/mol. The Morgan fingerprint density at radius 3 is 2.56 bits per heavy atom. The molecular formula is C14H16ClNO2. The highest BCUT2D eigenvalue weighted by atomic mass is 35.5. The predicted molar refractivity (Wildman–Crippen MR) is 69.1 cm³/mol. The lowest BCUT2D eigenvalue weighted by Crippen LogP contribution is -2.46. The fourth-order valence-electron chi connectivity index (χ4n) is 2.54. The van der Waals surface area contributed by atoms with E-state index >= 15 is 0 Å². The average molecular weight is 266 g/mol. The zero-order chi connectivity index (χ0) is 13.2. The van der Waals surface area contributed by atoms with Crippen molar-refractivity contribution in [3.63, 3.8) is 0 Å². The molecule has 0 radical (unpaired) electrons. The molecule has 0 bridgehead atoms. The molecule has 96 valence electrons. The second-order valence-electron chi connectivity index (χ2n) is 4.86. The van der Waals surface area contributed by atoms with Crippen LogP contribution in [0.5, 0.6) is 0 Å². The van der Waals surface area contributed by atoms with E-state index in [4.69, 9.17) is 16.3 Å². The fraction of sp³-hybridized carbons (Fsp3) is 0.500. The van der Waals surface area contributed by atoms with Crippen LogP contribution < -0.4 is 0 Å². The zero-order valence-electron chi connectivity index (χ0n) is 10.3. The number of rotatable bonds is 2. The molecule has 0 amide bonds. The van der Waals surface area contributed by atoms with Crippen molar-refractivity contribution in [2.45, 2.75) is 25.4 Å². The average Bonchev–Trinajstić information content (AvgIpc) is 2.39. The Balaban J connectivity index is 2.47. The van der Waals surface area contributed by atoms with Gasteiger partial charge in [0.25, 0.3) is 0 Å². The van der Waals surface area contributed by atoms with Crippen LogP contribution in [0.3, 0.4) is 0 Å². The molecule has 1 aliphatic rings. The highest BCUT2D eigenvalue weighted by Crippen LogP contribution is 2.48. The van der Waals surface area contributed by atoms with E-state index in [9.17, 15) is 10.4 Å². The zero-order valence-corrected chi connectivity index (χ0v) is 11.1. The number of hydrogen-bond acceptors (Lipinski definition) is 3. The maximum Gasteiger partial charge on any atom is 0.107 e. The predicted octanol–water partition coefficient (Wildman–Crippen LogP) is 2.87. The molecule has 2 rings (SSSR count). The van der Waals surface area contributed by atoms with Crippen LogP contribution in [-0.4, -0.2) is 18.3 Å². The molecule has 1 aromatic rings. The van der Waals surface area contributed by atoms with E-state index in [0.29, 0.717) is 36.6 Å². The van der Waals surface area contributed by atoms with Crippen LogP contribution >= 0.6 is 11.6 Å². The first kappa shape index (κ1) is 13.4. The Morgan fingerprint density at radius 2 is 2.00 bits per heavy atom. The van der Waals surface area contributed by atoms with Crippen LogP contribution in [0.15, 0.2) is 24.3 Å². The van der Waals surface area contributed by atoms with Crippen molar-refractivity contribution in [3.05, 3.63) is 34.9 Å². The van der Waals surface area contributed by atoms with Gasteiger partial charge in [0.05, 0.1) is 11.5 Å². The normalized spacial score (nSPS) is 21.9. The lowest BCUT2D eigenvalue weighted by molar-refractivity contribution is -0.0974. The van der Waals surface area contributed by atoms with Crippen molar-refractivity contribution in [2.24, 2.45) is 5.41 Å². The Hall–Kier alpha value is -1.08. The van der Waals surface area contributed by atoms with Crippen molar-refractivity contribution in [3.8, 4) is 6.07 Å². The molecular weight excluding hydrogens is 250 g/mol. The van der Waals surface area contributed by atoms with E-state index in [2.05, 4.69) is 6.07 Å². The minimum Gasteiger partial charge on any atom is -0.384 e. The molecule has 0 saturated carbocycles. The third kappa shape index (κ3) is 2.01. The van der Waals surface area contributed by atoms with Crippen LogP contribution in [0.25, 0.3) is 0 Å². The minimum atomic E-state index is -1.27. The molecule has 1 unspecified atom stereocenters. The molecule has 0 aliphatic carbocycles. The number of nitriles is 1. The quantitative estimate of drug-likeness (QED) is 0.895. The SMILES string of the molecule is CC(O)(c1ccccc1Cl)C1(C#N)CCOCC1. The topological polar surface area (TPSA) is 53.2 Å². The Morgan fingerprint density at radius 1 is 1.39 bits per heavy atom. The van der Waals surface area contributed by atoms with Gasteiger partial charge in [0.2, 0.25) is 0 Å². The van der Waals surface area contributed by atoms with Crippen LogP contribution in [-0.2, 0) is 10.3 Å². The van der Waals surface area contributed by atoms with Crippen LogP contribution in [0.4, 0.5) is 0 Å². The molecule has 1 saturated heterocycles. The van der Waals surface area contributed by atoms with Gasteiger partial charge in [-0.1, -0.05) is 29.8 Å². The molecule has 1 aromatic carbocycles. The molecule has 3 nitrogen and oxygen atoms in total. The first-order valence-corrected chi connectivity index (χ1v) is 6.38. The summed E-state index contributed by atoms with van der Waals surface area (Å²) in [5, 5.41) is 20.9. The number of aliphatic hydroxyl groups is 1. The summed E-state index contributed by atoms with van der Waals surface area (Å²) in [6.07, 6.45) is 1.03. The van der Waals surface area contributed by atoms with Gasteiger partial charge in [-0.05, 0) is 25.8 Å². The third-order valence-corrected chi connectivity index (χ3v) is 4.22. The summed E-state index contributed by atoms with van der Waals surface area (Å²) in [7, 11) is 0. The summed E-state index contributed by atoms with van der Waals surface area (Å²) >= 11 is 6.15. The van der Waals surface area contributed by atoms with Gasteiger partial charge >= 0.3 is 0 Å². The summed E-state index contributed by atoms with van der Waals surface area (Å²) in [4.78, 5) is 0. The van der Waals surface area contributed by atoms with Gasteiger partial charge in [0, 0.05) is 23.8 Å². The highest BCUT2D eigenvalue weighted by molar-refractivity contribution is 6.31. The highest BCUT2D eigenvalue weighted by Gasteiger charge is 2.50. The van der Waals surface area contributed by atoms with Gasteiger partial charge in [-0.3, -0.25) is 0 Å². The molecule has 4 heteroatoms. The van der Waals surface area contributed by atoms with Gasteiger partial charge in [-0.25, -0.2) is 0 Å². The van der Waals surface area contributed by atoms with Gasteiger partial charge in [0.1, 0.15) is 5.60 Å². The molecule has 1 atom stereocenters. The molecule has 1 heterocycles. The van der Waals surface area contributed by atoms with Crippen molar-refractivity contribution < 1.29 is 9.84 Å². The first-order valence-electron chi connectivity index (χ1n) is 6.00. The van der Waals surface area contributed by atoms with Crippen LogP contribution in [0, 0.1) is 16.7 Å². The number of ether oxygens (including phenoxy) is 1. The third-order valence-electron chi connectivity index (χ3n) is 3.89. The summed E-state index contributed by atoms with van der Waals surface area (Å²) < 4.78 is 5.29. The smallest absolute Gasteiger partial charge is 0.107 e. The summed E-state index contributed by atoms with van der Waals surface area (Å²) in [5.74, 6) is 0. The van der Waals surface area contributed by atoms with E-state index in [1.807, 2.05) is 12.1 Å². The summed E-state index contributed by atoms with van der Waals surface area (Å²) in [6, 6.07) is 9.43. The lowest BCUT2D eigenvalue weighted by atomic mass is 9.66.